The van der Waals surface area contributed by atoms with E-state index >= 15 is 0 Å². The number of aliphatic hydroxyl groups excluding tert-OH is 1. The summed E-state index contributed by atoms with van der Waals surface area (Å²) in [6, 6.07) is 6.02. The van der Waals surface area contributed by atoms with Gasteiger partial charge < -0.3 is 19.6 Å². The maximum Gasteiger partial charge on any atom is 0.260 e. The Morgan fingerprint density at radius 1 is 1.38 bits per heavy atom. The fraction of sp³-hybridized carbons (Fsp3) is 0.308. The van der Waals surface area contributed by atoms with Crippen LogP contribution < -0.4 is 4.74 Å². The Bertz CT molecular complexity index is 1210. The van der Waals surface area contributed by atoms with Crippen molar-refractivity contribution in [1.82, 2.24) is 14.7 Å². The molecule has 1 atom stereocenters. The molecule has 3 heterocycles. The summed E-state index contributed by atoms with van der Waals surface area (Å²) < 4.78 is 20.7. The Hall–Kier alpha value is -3.65. The number of rotatable bonds is 7. The van der Waals surface area contributed by atoms with Crippen LogP contribution in [-0.4, -0.2) is 51.6 Å². The van der Waals surface area contributed by atoms with Crippen molar-refractivity contribution in [2.75, 3.05) is 20.3 Å². The second-order valence-electron chi connectivity index (χ2n) is 8.26. The molecule has 34 heavy (non-hydrogen) atoms. The van der Waals surface area contributed by atoms with Crippen LogP contribution >= 0.6 is 0 Å². The maximum atomic E-state index is 13.3. The molecule has 1 fully saturated rings. The SMILES string of the molecule is C=C(F)C=CC(=CC)C1(CO)ON=C2C(=Cc3ccc(-c4cnn(C)c4)c(OC)c3)CCCN21. The van der Waals surface area contributed by atoms with Gasteiger partial charge in [0.05, 0.1) is 13.3 Å². The first-order valence-corrected chi connectivity index (χ1v) is 11.1. The molecule has 4 rings (SSSR count). The van der Waals surface area contributed by atoms with Crippen molar-refractivity contribution in [2.24, 2.45) is 12.2 Å². The second kappa shape index (κ2) is 9.69. The van der Waals surface area contributed by atoms with Gasteiger partial charge in [0.2, 0.25) is 0 Å². The number of ether oxygens (including phenoxy) is 1. The number of benzene rings is 1. The maximum absolute atomic E-state index is 13.3. The largest absolute Gasteiger partial charge is 0.496 e. The van der Waals surface area contributed by atoms with Crippen molar-refractivity contribution in [3.63, 3.8) is 0 Å². The molecule has 1 aromatic heterocycles. The van der Waals surface area contributed by atoms with Gasteiger partial charge in [-0.05, 0) is 55.2 Å². The smallest absolute Gasteiger partial charge is 0.260 e. The Kier molecular flexibility index (Phi) is 6.70. The molecule has 1 saturated heterocycles. The molecule has 0 radical (unpaired) electrons. The van der Waals surface area contributed by atoms with Gasteiger partial charge in [-0.3, -0.25) is 4.68 Å². The normalized spacial score (nSPS) is 21.6. The molecule has 1 aromatic carbocycles. The Morgan fingerprint density at radius 3 is 2.85 bits per heavy atom. The monoisotopic (exact) mass is 464 g/mol. The number of amidine groups is 1. The summed E-state index contributed by atoms with van der Waals surface area (Å²) >= 11 is 0. The van der Waals surface area contributed by atoms with Crippen LogP contribution in [0.2, 0.25) is 0 Å². The van der Waals surface area contributed by atoms with Crippen molar-refractivity contribution in [2.45, 2.75) is 25.5 Å². The number of oxime groups is 1. The van der Waals surface area contributed by atoms with Gasteiger partial charge in [-0.25, -0.2) is 4.39 Å². The summed E-state index contributed by atoms with van der Waals surface area (Å²) in [5.41, 5.74) is 3.31. The van der Waals surface area contributed by atoms with E-state index in [1.807, 2.05) is 43.3 Å². The van der Waals surface area contributed by atoms with E-state index in [9.17, 15) is 9.50 Å². The average molecular weight is 465 g/mol. The number of fused-ring (bicyclic) bond motifs is 1. The van der Waals surface area contributed by atoms with Crippen LogP contribution in [0.3, 0.4) is 0 Å². The molecule has 0 spiro atoms. The Balaban J connectivity index is 1.66. The minimum absolute atomic E-state index is 0.330. The Labute approximate surface area is 198 Å². The molecular weight excluding hydrogens is 435 g/mol. The highest BCUT2D eigenvalue weighted by molar-refractivity contribution is 6.03. The van der Waals surface area contributed by atoms with E-state index < -0.39 is 11.6 Å². The average Bonchev–Trinajstić information content (AvgIpc) is 3.44. The topological polar surface area (TPSA) is 72.1 Å². The summed E-state index contributed by atoms with van der Waals surface area (Å²) in [5, 5.41) is 18.9. The van der Waals surface area contributed by atoms with Gasteiger partial charge in [0.15, 0.2) is 5.84 Å². The molecule has 0 aliphatic carbocycles. The molecule has 0 bridgehead atoms. The van der Waals surface area contributed by atoms with Gasteiger partial charge in [-0.2, -0.15) is 5.10 Å². The van der Waals surface area contributed by atoms with E-state index in [4.69, 9.17) is 9.57 Å². The number of aromatic nitrogens is 2. The molecule has 8 heteroatoms. The number of hydrogen-bond donors (Lipinski definition) is 1. The van der Waals surface area contributed by atoms with Crippen LogP contribution in [0.4, 0.5) is 4.39 Å². The third kappa shape index (κ3) is 4.28. The molecule has 2 aliphatic rings. The van der Waals surface area contributed by atoms with Crippen LogP contribution in [0.5, 0.6) is 5.75 Å². The van der Waals surface area contributed by atoms with Crippen molar-refractivity contribution in [1.29, 1.82) is 0 Å². The molecule has 0 amide bonds. The molecule has 2 aliphatic heterocycles. The first-order chi connectivity index (χ1) is 16.4. The highest BCUT2D eigenvalue weighted by Crippen LogP contribution is 2.39. The zero-order valence-corrected chi connectivity index (χ0v) is 19.7. The van der Waals surface area contributed by atoms with Crippen LogP contribution in [0.25, 0.3) is 17.2 Å². The number of halogens is 1. The van der Waals surface area contributed by atoms with Crippen LogP contribution in [-0.2, 0) is 11.9 Å². The fourth-order valence-corrected chi connectivity index (χ4v) is 4.43. The number of piperidine rings is 1. The first-order valence-electron chi connectivity index (χ1n) is 11.1. The van der Waals surface area contributed by atoms with E-state index in [2.05, 4.69) is 22.9 Å². The highest BCUT2D eigenvalue weighted by atomic mass is 19.1. The zero-order chi connectivity index (χ0) is 24.3. The predicted molar refractivity (Wildman–Crippen MR) is 131 cm³/mol. The lowest BCUT2D eigenvalue weighted by Crippen LogP contribution is -2.54. The number of allylic oxidation sites excluding steroid dienone is 3. The van der Waals surface area contributed by atoms with Gasteiger partial charge in [-0.15, -0.1) is 0 Å². The number of hydrogen-bond acceptors (Lipinski definition) is 6. The third-order valence-corrected chi connectivity index (χ3v) is 6.09. The number of methoxy groups -OCH3 is 1. The van der Waals surface area contributed by atoms with Crippen molar-refractivity contribution in [3.05, 3.63) is 77.9 Å². The van der Waals surface area contributed by atoms with Crippen LogP contribution in [0.15, 0.2) is 77.5 Å². The molecule has 7 nitrogen and oxygen atoms in total. The summed E-state index contributed by atoms with van der Waals surface area (Å²) in [4.78, 5) is 7.78. The first kappa shape index (κ1) is 23.5. The van der Waals surface area contributed by atoms with Crippen molar-refractivity contribution < 1.29 is 19.1 Å². The molecule has 1 unspecified atom stereocenters. The molecular formula is C26H29FN4O3. The van der Waals surface area contributed by atoms with Crippen molar-refractivity contribution in [3.8, 4) is 16.9 Å². The second-order valence-corrected chi connectivity index (χ2v) is 8.26. The summed E-state index contributed by atoms with van der Waals surface area (Å²) in [5.74, 6) is 0.842. The summed E-state index contributed by atoms with van der Waals surface area (Å²) in [6.07, 6.45) is 12.1. The van der Waals surface area contributed by atoms with E-state index in [0.717, 1.165) is 40.9 Å². The van der Waals surface area contributed by atoms with Crippen LogP contribution in [0.1, 0.15) is 25.3 Å². The lowest BCUT2D eigenvalue weighted by molar-refractivity contribution is -0.0991. The minimum Gasteiger partial charge on any atom is -0.496 e. The standard InChI is InChI=1S/C26H29FN4O3/c1-5-22(10-8-18(2)27)26(17-32)31-12-6-7-20(25(31)29-34-26)13-19-9-11-23(24(14-19)33-4)21-15-28-30(3)16-21/h5,8-11,13-16,32H,2,6-7,12,17H2,1,3-4H3. The van der Waals surface area contributed by atoms with E-state index in [0.29, 0.717) is 18.0 Å². The summed E-state index contributed by atoms with van der Waals surface area (Å²) in [6.45, 7) is 5.41. The van der Waals surface area contributed by atoms with Gasteiger partial charge in [-0.1, -0.05) is 30.0 Å². The number of aliphatic hydroxyl groups is 1. The number of nitrogens with zero attached hydrogens (tertiary/aromatic N) is 4. The van der Waals surface area contributed by atoms with Crippen LogP contribution in [0, 0.1) is 0 Å². The minimum atomic E-state index is -1.20. The van der Waals surface area contributed by atoms with Crippen molar-refractivity contribution >= 4 is 11.9 Å². The summed E-state index contributed by atoms with van der Waals surface area (Å²) in [7, 11) is 3.53. The van der Waals surface area contributed by atoms with E-state index in [-0.39, 0.29) is 6.61 Å². The lowest BCUT2D eigenvalue weighted by Gasteiger charge is -2.39. The molecule has 2 aromatic rings. The molecule has 0 saturated carbocycles. The van der Waals surface area contributed by atoms with E-state index in [1.54, 1.807) is 30.1 Å². The molecule has 1 N–H and O–H groups in total. The predicted octanol–water partition coefficient (Wildman–Crippen LogP) is 4.59. The fourth-order valence-electron chi connectivity index (χ4n) is 4.43. The van der Waals surface area contributed by atoms with Gasteiger partial charge in [0.25, 0.3) is 5.72 Å². The highest BCUT2D eigenvalue weighted by Gasteiger charge is 2.49. The lowest BCUT2D eigenvalue weighted by atomic mass is 9.94. The number of aryl methyl sites for hydroxylation is 1. The third-order valence-electron chi connectivity index (χ3n) is 6.09. The molecule has 178 valence electrons. The Morgan fingerprint density at radius 2 is 2.21 bits per heavy atom. The quantitative estimate of drug-likeness (QED) is 0.607. The van der Waals surface area contributed by atoms with Gasteiger partial charge in [0, 0.05) is 36.5 Å². The zero-order valence-electron chi connectivity index (χ0n) is 19.7. The van der Waals surface area contributed by atoms with Gasteiger partial charge >= 0.3 is 0 Å². The van der Waals surface area contributed by atoms with E-state index in [1.165, 1.54) is 6.08 Å². The van der Waals surface area contributed by atoms with Gasteiger partial charge in [0.1, 0.15) is 18.2 Å².